The molecule has 15 heteroatoms. The SMILES string of the molecule is COc1cc2c(cc1C(=O)Nc1cccc(C3=NNNN3C(C)C)n1)CN(S(=O)(=O)CCC(F)(F)F)CC2. The van der Waals surface area contributed by atoms with Crippen molar-refractivity contribution in [3.63, 3.8) is 0 Å². The van der Waals surface area contributed by atoms with Gasteiger partial charge in [0.25, 0.3) is 5.91 Å². The lowest BCUT2D eigenvalue weighted by molar-refractivity contribution is -0.130. The molecule has 1 amide bonds. The second-order valence-electron chi connectivity index (χ2n) is 9.07. The molecule has 0 saturated carbocycles. The molecule has 3 heterocycles. The van der Waals surface area contributed by atoms with E-state index < -0.39 is 34.3 Å². The molecule has 0 fully saturated rings. The first-order valence-electron chi connectivity index (χ1n) is 11.8. The number of nitrogens with one attached hydrogen (secondary N) is 3. The summed E-state index contributed by atoms with van der Waals surface area (Å²) in [6.45, 7) is 3.83. The lowest BCUT2D eigenvalue weighted by Gasteiger charge is -2.29. The molecule has 0 spiro atoms. The molecule has 2 aromatic rings. The number of amidine groups is 1. The van der Waals surface area contributed by atoms with Crippen LogP contribution >= 0.6 is 0 Å². The minimum Gasteiger partial charge on any atom is -0.496 e. The molecule has 1 aromatic carbocycles. The molecular formula is C23H28F3N7O4S. The number of benzene rings is 1. The van der Waals surface area contributed by atoms with Gasteiger partial charge in [-0.25, -0.2) is 18.9 Å². The molecule has 0 radical (unpaired) electrons. The van der Waals surface area contributed by atoms with Crippen LogP contribution in [0.2, 0.25) is 0 Å². The molecule has 0 unspecified atom stereocenters. The van der Waals surface area contributed by atoms with Crippen LogP contribution < -0.4 is 21.1 Å². The normalized spacial score (nSPS) is 16.2. The lowest BCUT2D eigenvalue weighted by Crippen LogP contribution is -2.45. The number of halogens is 3. The Morgan fingerprint density at radius 3 is 2.68 bits per heavy atom. The molecule has 0 saturated heterocycles. The van der Waals surface area contributed by atoms with Crippen molar-refractivity contribution in [1.82, 2.24) is 25.4 Å². The number of nitrogens with zero attached hydrogens (tertiary/aromatic N) is 4. The van der Waals surface area contributed by atoms with Crippen LogP contribution in [-0.2, 0) is 23.0 Å². The summed E-state index contributed by atoms with van der Waals surface area (Å²) in [6, 6.07) is 8.29. The van der Waals surface area contributed by atoms with E-state index in [4.69, 9.17) is 4.74 Å². The summed E-state index contributed by atoms with van der Waals surface area (Å²) in [7, 11) is -2.72. The van der Waals surface area contributed by atoms with Gasteiger partial charge in [0, 0.05) is 19.1 Å². The zero-order valence-corrected chi connectivity index (χ0v) is 21.8. The second kappa shape index (κ2) is 10.7. The lowest BCUT2D eigenvalue weighted by atomic mass is 9.97. The third kappa shape index (κ3) is 6.16. The number of amides is 1. The van der Waals surface area contributed by atoms with Crippen LogP contribution in [0.1, 0.15) is 47.4 Å². The number of anilines is 1. The quantitative estimate of drug-likeness (QED) is 0.453. The van der Waals surface area contributed by atoms with Crippen LogP contribution in [0, 0.1) is 0 Å². The summed E-state index contributed by atoms with van der Waals surface area (Å²) < 4.78 is 69.3. The number of carbonyl (C=O) groups is 1. The number of alkyl halides is 3. The van der Waals surface area contributed by atoms with E-state index in [1.165, 1.54) is 13.2 Å². The van der Waals surface area contributed by atoms with Crippen molar-refractivity contribution >= 4 is 27.6 Å². The standard InChI is InChI=1S/C23H28F3N7O4S/c1-14(2)33-21(29-30-31-33)18-5-4-6-20(27-18)28-22(34)17-11-16-13-32(9-7-15(16)12-19(17)37-3)38(35,36)10-8-23(24,25)26/h4-6,11-12,14,30-31H,7-10,13H2,1-3H3,(H,27,28,34). The van der Waals surface area contributed by atoms with Crippen LogP contribution in [0.25, 0.3) is 0 Å². The van der Waals surface area contributed by atoms with Crippen LogP contribution in [0.5, 0.6) is 5.75 Å². The van der Waals surface area contributed by atoms with Crippen molar-refractivity contribution in [2.24, 2.45) is 5.10 Å². The third-order valence-corrected chi connectivity index (χ3v) is 7.90. The highest BCUT2D eigenvalue weighted by atomic mass is 32.2. The van der Waals surface area contributed by atoms with Gasteiger partial charge < -0.3 is 10.1 Å². The third-order valence-electron chi connectivity index (χ3n) is 6.08. The van der Waals surface area contributed by atoms with E-state index in [0.29, 0.717) is 17.1 Å². The van der Waals surface area contributed by atoms with E-state index in [-0.39, 0.29) is 42.7 Å². The fourth-order valence-electron chi connectivity index (χ4n) is 4.12. The number of fused-ring (bicyclic) bond motifs is 1. The number of methoxy groups -OCH3 is 1. The van der Waals surface area contributed by atoms with E-state index in [1.54, 1.807) is 29.3 Å². The summed E-state index contributed by atoms with van der Waals surface area (Å²) in [5.74, 6) is -0.500. The number of hydrogen-bond donors (Lipinski definition) is 3. The number of aromatic nitrogens is 1. The molecule has 0 aliphatic carbocycles. The Morgan fingerprint density at radius 2 is 2.00 bits per heavy atom. The van der Waals surface area contributed by atoms with Gasteiger partial charge in [-0.1, -0.05) is 6.07 Å². The molecule has 11 nitrogen and oxygen atoms in total. The van der Waals surface area contributed by atoms with Gasteiger partial charge in [-0.15, -0.1) is 10.6 Å². The predicted octanol–water partition coefficient (Wildman–Crippen LogP) is 2.38. The summed E-state index contributed by atoms with van der Waals surface area (Å²) in [4.78, 5) is 17.7. The summed E-state index contributed by atoms with van der Waals surface area (Å²) in [6.07, 6.45) is -5.72. The molecule has 0 bridgehead atoms. The van der Waals surface area contributed by atoms with Crippen LogP contribution in [0.3, 0.4) is 0 Å². The van der Waals surface area contributed by atoms with Crippen molar-refractivity contribution in [3.05, 3.63) is 52.7 Å². The van der Waals surface area contributed by atoms with Gasteiger partial charge in [-0.3, -0.25) is 9.80 Å². The largest absolute Gasteiger partial charge is 0.496 e. The minimum absolute atomic E-state index is 0.0413. The Balaban J connectivity index is 1.54. The number of rotatable bonds is 8. The van der Waals surface area contributed by atoms with Gasteiger partial charge in [0.05, 0.1) is 24.8 Å². The zero-order chi connectivity index (χ0) is 27.7. The summed E-state index contributed by atoms with van der Waals surface area (Å²) >= 11 is 0. The smallest absolute Gasteiger partial charge is 0.390 e. The minimum atomic E-state index is -4.57. The molecule has 2 aliphatic rings. The Hall–Kier alpha value is -3.43. The van der Waals surface area contributed by atoms with E-state index in [0.717, 1.165) is 9.87 Å². The van der Waals surface area contributed by atoms with Gasteiger partial charge in [0.1, 0.15) is 17.3 Å². The van der Waals surface area contributed by atoms with Gasteiger partial charge >= 0.3 is 6.18 Å². The molecular weight excluding hydrogens is 527 g/mol. The number of pyridine rings is 1. The first-order valence-corrected chi connectivity index (χ1v) is 13.4. The highest BCUT2D eigenvalue weighted by molar-refractivity contribution is 7.89. The number of hydrazone groups is 1. The van der Waals surface area contributed by atoms with E-state index in [9.17, 15) is 26.4 Å². The number of hydrogen-bond acceptors (Lipinski definition) is 9. The Labute approximate surface area is 218 Å². The highest BCUT2D eigenvalue weighted by Gasteiger charge is 2.34. The van der Waals surface area contributed by atoms with E-state index in [2.05, 4.69) is 26.5 Å². The molecule has 1 aromatic heterocycles. The maximum atomic E-state index is 13.2. The number of carbonyl (C=O) groups excluding carboxylic acids is 1. The number of hydrazine groups is 2. The van der Waals surface area contributed by atoms with Gasteiger partial charge in [-0.2, -0.15) is 17.5 Å². The molecule has 3 N–H and O–H groups in total. The number of sulfonamides is 1. The van der Waals surface area contributed by atoms with Crippen molar-refractivity contribution < 1.29 is 31.1 Å². The zero-order valence-electron chi connectivity index (χ0n) is 21.0. The topological polar surface area (TPSA) is 128 Å². The average molecular weight is 556 g/mol. The molecule has 38 heavy (non-hydrogen) atoms. The fourth-order valence-corrected chi connectivity index (χ4v) is 5.58. The highest BCUT2D eigenvalue weighted by Crippen LogP contribution is 2.30. The second-order valence-corrected chi connectivity index (χ2v) is 11.2. The van der Waals surface area contributed by atoms with E-state index in [1.807, 2.05) is 13.8 Å². The van der Waals surface area contributed by atoms with Gasteiger partial charge in [0.15, 0.2) is 5.84 Å². The van der Waals surface area contributed by atoms with Crippen molar-refractivity contribution in [3.8, 4) is 5.75 Å². The summed E-state index contributed by atoms with van der Waals surface area (Å²) in [5.41, 5.74) is 7.50. The van der Waals surface area contributed by atoms with Crippen LogP contribution in [-0.4, -0.2) is 66.1 Å². The van der Waals surface area contributed by atoms with Gasteiger partial charge in [0.2, 0.25) is 10.0 Å². The predicted molar refractivity (Wildman–Crippen MR) is 134 cm³/mol. The number of ether oxygens (including phenoxy) is 1. The van der Waals surface area contributed by atoms with Crippen molar-refractivity contribution in [1.29, 1.82) is 0 Å². The Kier molecular flexibility index (Phi) is 7.80. The maximum absolute atomic E-state index is 13.2. The van der Waals surface area contributed by atoms with Crippen molar-refractivity contribution in [2.75, 3.05) is 24.7 Å². The molecule has 0 atom stereocenters. The van der Waals surface area contributed by atoms with E-state index >= 15 is 0 Å². The van der Waals surface area contributed by atoms with Crippen LogP contribution in [0.15, 0.2) is 35.4 Å². The van der Waals surface area contributed by atoms with Gasteiger partial charge in [-0.05, 0) is 55.7 Å². The molecule has 2 aliphatic heterocycles. The average Bonchev–Trinajstić information content (AvgIpc) is 3.37. The summed E-state index contributed by atoms with van der Waals surface area (Å²) in [5, 5.41) is 8.68. The fraction of sp³-hybridized carbons (Fsp3) is 0.435. The first-order chi connectivity index (χ1) is 17.9. The van der Waals surface area contributed by atoms with Crippen molar-refractivity contribution in [2.45, 2.75) is 45.5 Å². The maximum Gasteiger partial charge on any atom is 0.390 e. The Bertz CT molecular complexity index is 1350. The Morgan fingerprint density at radius 1 is 1.24 bits per heavy atom. The van der Waals surface area contributed by atoms with Crippen LogP contribution in [0.4, 0.5) is 19.0 Å². The molecule has 206 valence electrons. The molecule has 4 rings (SSSR count). The monoisotopic (exact) mass is 555 g/mol. The first kappa shape index (κ1) is 27.6.